The van der Waals surface area contributed by atoms with Crippen LogP contribution in [0.4, 0.5) is 11.5 Å². The van der Waals surface area contributed by atoms with Crippen molar-refractivity contribution in [2.24, 2.45) is 0 Å². The fourth-order valence-corrected chi connectivity index (χ4v) is 4.35. The van der Waals surface area contributed by atoms with E-state index in [2.05, 4.69) is 4.98 Å². The number of carbonyl (C=O) groups is 1. The second-order valence-corrected chi connectivity index (χ2v) is 7.92. The van der Waals surface area contributed by atoms with Crippen LogP contribution in [-0.4, -0.2) is 10.9 Å². The van der Waals surface area contributed by atoms with Gasteiger partial charge in [-0.3, -0.25) is 9.69 Å². The maximum Gasteiger partial charge on any atom is 0.275 e. The number of hydrogen-bond donors (Lipinski definition) is 0. The lowest BCUT2D eigenvalue weighted by atomic mass is 10.2. The molecule has 0 N–H and O–H groups in total. The van der Waals surface area contributed by atoms with E-state index in [0.29, 0.717) is 26.4 Å². The average molecular weight is 413 g/mol. The zero-order valence-corrected chi connectivity index (χ0v) is 16.6. The fraction of sp³-hybridized carbons (Fsp3) is 0.0476. The van der Waals surface area contributed by atoms with E-state index in [1.807, 2.05) is 55.5 Å². The SMILES string of the molecule is Cc1ccc(N(C(=O)c2sc3ccccc3c2Cl)c2ccc(Cl)cn2)cc1. The average Bonchev–Trinajstić information content (AvgIpc) is 3.02. The van der Waals surface area contributed by atoms with Gasteiger partial charge in [-0.15, -0.1) is 11.3 Å². The van der Waals surface area contributed by atoms with Gasteiger partial charge in [-0.1, -0.05) is 59.1 Å². The van der Waals surface area contributed by atoms with E-state index >= 15 is 0 Å². The molecule has 0 aliphatic carbocycles. The van der Waals surface area contributed by atoms with E-state index in [1.165, 1.54) is 17.5 Å². The number of fused-ring (bicyclic) bond motifs is 1. The first-order valence-corrected chi connectivity index (χ1v) is 9.81. The molecule has 0 aliphatic rings. The first-order valence-electron chi connectivity index (χ1n) is 8.24. The van der Waals surface area contributed by atoms with Crippen LogP contribution in [0.15, 0.2) is 66.9 Å². The van der Waals surface area contributed by atoms with Crippen molar-refractivity contribution in [2.45, 2.75) is 6.92 Å². The smallest absolute Gasteiger partial charge is 0.267 e. The number of nitrogens with zero attached hydrogens (tertiary/aromatic N) is 2. The Morgan fingerprint density at radius 3 is 2.41 bits per heavy atom. The van der Waals surface area contributed by atoms with Gasteiger partial charge in [0.15, 0.2) is 0 Å². The molecule has 0 fully saturated rings. The Bertz CT molecular complexity index is 1080. The summed E-state index contributed by atoms with van der Waals surface area (Å²) in [6, 6.07) is 18.9. The second-order valence-electron chi connectivity index (χ2n) is 6.05. The van der Waals surface area contributed by atoms with E-state index in [4.69, 9.17) is 23.2 Å². The van der Waals surface area contributed by atoms with Gasteiger partial charge in [0.05, 0.1) is 15.7 Å². The van der Waals surface area contributed by atoms with E-state index in [0.717, 1.165) is 15.6 Å². The number of halogens is 2. The maximum atomic E-state index is 13.5. The van der Waals surface area contributed by atoms with Crippen LogP contribution in [0.2, 0.25) is 10.0 Å². The maximum absolute atomic E-state index is 13.5. The molecule has 3 nitrogen and oxygen atoms in total. The minimum absolute atomic E-state index is 0.222. The van der Waals surface area contributed by atoms with Crippen molar-refractivity contribution in [1.82, 2.24) is 4.98 Å². The molecule has 0 saturated carbocycles. The van der Waals surface area contributed by atoms with E-state index < -0.39 is 0 Å². The molecule has 4 aromatic rings. The highest BCUT2D eigenvalue weighted by Gasteiger charge is 2.26. The highest BCUT2D eigenvalue weighted by molar-refractivity contribution is 7.21. The molecular formula is C21H14Cl2N2OS. The molecule has 2 aromatic carbocycles. The summed E-state index contributed by atoms with van der Waals surface area (Å²) in [6.45, 7) is 2.00. The molecule has 134 valence electrons. The molecule has 2 aromatic heterocycles. The molecule has 0 spiro atoms. The van der Waals surface area contributed by atoms with Crippen molar-refractivity contribution in [2.75, 3.05) is 4.90 Å². The van der Waals surface area contributed by atoms with Crippen molar-refractivity contribution in [3.63, 3.8) is 0 Å². The van der Waals surface area contributed by atoms with Crippen LogP contribution in [-0.2, 0) is 0 Å². The summed E-state index contributed by atoms with van der Waals surface area (Å²) >= 11 is 13.9. The van der Waals surface area contributed by atoms with Crippen LogP contribution in [0.25, 0.3) is 10.1 Å². The second kappa shape index (κ2) is 7.31. The molecule has 6 heteroatoms. The van der Waals surface area contributed by atoms with E-state index in [-0.39, 0.29) is 5.91 Å². The third-order valence-electron chi connectivity index (χ3n) is 4.17. The third-order valence-corrected chi connectivity index (χ3v) is 6.05. The molecule has 27 heavy (non-hydrogen) atoms. The first kappa shape index (κ1) is 18.0. The van der Waals surface area contributed by atoms with Gasteiger partial charge in [-0.05, 0) is 37.3 Å². The summed E-state index contributed by atoms with van der Waals surface area (Å²) < 4.78 is 0.971. The lowest BCUT2D eigenvalue weighted by Crippen LogP contribution is -2.26. The van der Waals surface area contributed by atoms with Crippen LogP contribution in [0.3, 0.4) is 0 Å². The van der Waals surface area contributed by atoms with Crippen molar-refractivity contribution >= 4 is 62.0 Å². The van der Waals surface area contributed by atoms with Gasteiger partial charge in [0.1, 0.15) is 10.7 Å². The Labute approximate surface area is 170 Å². The molecule has 0 radical (unpaired) electrons. The lowest BCUT2D eigenvalue weighted by molar-refractivity contribution is 0.100. The van der Waals surface area contributed by atoms with Crippen molar-refractivity contribution in [3.05, 3.63) is 87.3 Å². The van der Waals surface area contributed by atoms with Gasteiger partial charge < -0.3 is 0 Å². The van der Waals surface area contributed by atoms with Crippen molar-refractivity contribution in [3.8, 4) is 0 Å². The molecule has 0 saturated heterocycles. The van der Waals surface area contributed by atoms with Gasteiger partial charge >= 0.3 is 0 Å². The van der Waals surface area contributed by atoms with Gasteiger partial charge in [0.25, 0.3) is 5.91 Å². The molecule has 2 heterocycles. The zero-order valence-electron chi connectivity index (χ0n) is 14.3. The van der Waals surface area contributed by atoms with Gasteiger partial charge in [0.2, 0.25) is 0 Å². The minimum Gasteiger partial charge on any atom is -0.267 e. The molecule has 4 rings (SSSR count). The number of benzene rings is 2. The predicted octanol–water partition coefficient (Wildman–Crippen LogP) is 6.89. The van der Waals surface area contributed by atoms with E-state index in [9.17, 15) is 4.79 Å². The number of amides is 1. The van der Waals surface area contributed by atoms with Crippen molar-refractivity contribution < 1.29 is 4.79 Å². The van der Waals surface area contributed by atoms with Gasteiger partial charge in [0, 0.05) is 16.3 Å². The van der Waals surface area contributed by atoms with Crippen LogP contribution < -0.4 is 4.90 Å². The Morgan fingerprint density at radius 1 is 1.00 bits per heavy atom. The Balaban J connectivity index is 1.86. The molecular weight excluding hydrogens is 399 g/mol. The summed E-state index contributed by atoms with van der Waals surface area (Å²) in [4.78, 5) is 19.9. The third kappa shape index (κ3) is 3.44. The molecule has 0 unspecified atom stereocenters. The van der Waals surface area contributed by atoms with Crippen LogP contribution >= 0.6 is 34.5 Å². The number of anilines is 2. The van der Waals surface area contributed by atoms with Crippen LogP contribution in [0, 0.1) is 6.92 Å². The number of hydrogen-bond acceptors (Lipinski definition) is 3. The summed E-state index contributed by atoms with van der Waals surface area (Å²) in [5.74, 6) is 0.265. The number of rotatable bonds is 3. The zero-order chi connectivity index (χ0) is 19.0. The largest absolute Gasteiger partial charge is 0.275 e. The molecule has 0 bridgehead atoms. The number of carbonyl (C=O) groups excluding carboxylic acids is 1. The first-order chi connectivity index (χ1) is 13.0. The standard InChI is InChI=1S/C21H14Cl2N2OS/c1-13-6-9-15(10-7-13)25(18-11-8-14(22)12-24-18)21(26)20-19(23)16-4-2-3-5-17(16)27-20/h2-12H,1H3. The molecule has 0 aliphatic heterocycles. The fourth-order valence-electron chi connectivity index (χ4n) is 2.80. The quantitative estimate of drug-likeness (QED) is 0.366. The summed E-state index contributed by atoms with van der Waals surface area (Å²) in [5, 5.41) is 1.85. The highest BCUT2D eigenvalue weighted by atomic mass is 35.5. The Hall–Kier alpha value is -2.40. The van der Waals surface area contributed by atoms with Crippen LogP contribution in [0.5, 0.6) is 0 Å². The molecule has 1 amide bonds. The number of thiophene rings is 1. The van der Waals surface area contributed by atoms with Crippen molar-refractivity contribution in [1.29, 1.82) is 0 Å². The summed E-state index contributed by atoms with van der Waals surface area (Å²) in [5.41, 5.74) is 1.82. The number of pyridine rings is 1. The predicted molar refractivity (Wildman–Crippen MR) is 114 cm³/mol. The normalized spacial score (nSPS) is 10.9. The Kier molecular flexibility index (Phi) is 4.87. The number of aryl methyl sites for hydroxylation is 1. The number of aromatic nitrogens is 1. The highest BCUT2D eigenvalue weighted by Crippen LogP contribution is 2.38. The molecule has 0 atom stereocenters. The lowest BCUT2D eigenvalue weighted by Gasteiger charge is -2.21. The summed E-state index contributed by atoms with van der Waals surface area (Å²) in [7, 11) is 0. The van der Waals surface area contributed by atoms with Gasteiger partial charge in [-0.2, -0.15) is 0 Å². The minimum atomic E-state index is -0.222. The van der Waals surface area contributed by atoms with Gasteiger partial charge in [-0.25, -0.2) is 4.98 Å². The Morgan fingerprint density at radius 2 is 1.74 bits per heavy atom. The monoisotopic (exact) mass is 412 g/mol. The van der Waals surface area contributed by atoms with E-state index in [1.54, 1.807) is 17.0 Å². The van der Waals surface area contributed by atoms with Crippen LogP contribution in [0.1, 0.15) is 15.2 Å². The summed E-state index contributed by atoms with van der Waals surface area (Å²) in [6.07, 6.45) is 1.53. The topological polar surface area (TPSA) is 33.2 Å².